The zero-order valence-electron chi connectivity index (χ0n) is 15.2. The van der Waals surface area contributed by atoms with E-state index in [1.54, 1.807) is 11.4 Å². The van der Waals surface area contributed by atoms with Gasteiger partial charge in [0.25, 0.3) is 5.91 Å². The molecule has 30 heavy (non-hydrogen) atoms. The van der Waals surface area contributed by atoms with Crippen LogP contribution in [0.2, 0.25) is 0 Å². The number of nitrogens with zero attached hydrogens (tertiary/aromatic N) is 1. The first-order valence-electron chi connectivity index (χ1n) is 8.45. The van der Waals surface area contributed by atoms with Crippen LogP contribution in [0.25, 0.3) is 0 Å². The molecule has 2 N–H and O–H groups in total. The molecule has 11 heteroatoms. The van der Waals surface area contributed by atoms with Gasteiger partial charge in [-0.25, -0.2) is 0 Å². The summed E-state index contributed by atoms with van der Waals surface area (Å²) in [4.78, 5) is 12.5. The number of alkyl halides is 3. The third-order valence-corrected chi connectivity index (χ3v) is 4.78. The second kappa shape index (κ2) is 8.80. The summed E-state index contributed by atoms with van der Waals surface area (Å²) in [5.74, 6) is 0.723. The van der Waals surface area contributed by atoms with E-state index >= 15 is 0 Å². The molecule has 1 aromatic heterocycles. The number of carbonyl (C=O) groups excluding carboxylic acids is 1. The molecule has 1 amide bonds. The smallest absolute Gasteiger partial charge is 0.416 e. The quantitative estimate of drug-likeness (QED) is 0.552. The maximum Gasteiger partial charge on any atom is 0.416 e. The van der Waals surface area contributed by atoms with Gasteiger partial charge in [0.15, 0.2) is 17.2 Å². The van der Waals surface area contributed by atoms with Gasteiger partial charge in [0, 0.05) is 17.6 Å². The van der Waals surface area contributed by atoms with Crippen molar-refractivity contribution in [1.29, 1.82) is 0 Å². The fourth-order valence-corrected chi connectivity index (χ4v) is 3.38. The fourth-order valence-electron chi connectivity index (χ4n) is 2.74. The fraction of sp³-hybridized carbons (Fsp3) is 0.158. The van der Waals surface area contributed by atoms with E-state index < -0.39 is 17.6 Å². The number of ether oxygens (including phenoxy) is 2. The number of anilines is 2. The summed E-state index contributed by atoms with van der Waals surface area (Å²) < 4.78 is 53.2. The minimum atomic E-state index is -4.49. The zero-order chi connectivity index (χ0) is 20.4. The molecule has 0 fully saturated rings. The molecule has 0 saturated carbocycles. The summed E-state index contributed by atoms with van der Waals surface area (Å²) in [6.07, 6.45) is -4.49. The summed E-state index contributed by atoms with van der Waals surface area (Å²) in [5, 5.41) is 7.23. The van der Waals surface area contributed by atoms with Crippen LogP contribution in [-0.2, 0) is 12.7 Å². The molecule has 3 aromatic rings. The lowest BCUT2D eigenvalue weighted by atomic mass is 10.2. The van der Waals surface area contributed by atoms with Gasteiger partial charge in [0.2, 0.25) is 6.79 Å². The van der Waals surface area contributed by atoms with Crippen molar-refractivity contribution < 1.29 is 27.4 Å². The van der Waals surface area contributed by atoms with E-state index in [4.69, 9.17) is 9.47 Å². The van der Waals surface area contributed by atoms with Gasteiger partial charge in [0.05, 0.1) is 11.3 Å². The molecule has 1 aliphatic rings. The molecular formula is C19H15ClF3N3O3S. The highest BCUT2D eigenvalue weighted by Gasteiger charge is 2.30. The Morgan fingerprint density at radius 3 is 2.73 bits per heavy atom. The highest BCUT2D eigenvalue weighted by molar-refractivity contribution is 7.04. The molecule has 0 aliphatic carbocycles. The number of hydrogen-bond donors (Lipinski definition) is 2. The number of fused-ring (bicyclic) bond motifs is 1. The molecule has 2 heterocycles. The van der Waals surface area contributed by atoms with E-state index in [2.05, 4.69) is 15.0 Å². The predicted molar refractivity (Wildman–Crippen MR) is 109 cm³/mol. The van der Waals surface area contributed by atoms with E-state index in [0.717, 1.165) is 29.2 Å². The molecular weight excluding hydrogens is 443 g/mol. The highest BCUT2D eigenvalue weighted by atomic mass is 35.5. The maximum absolute atomic E-state index is 12.8. The summed E-state index contributed by atoms with van der Waals surface area (Å²) in [6, 6.07) is 9.94. The lowest BCUT2D eigenvalue weighted by Gasteiger charge is -2.10. The van der Waals surface area contributed by atoms with Gasteiger partial charge >= 0.3 is 6.18 Å². The number of nitrogens with one attached hydrogen (secondary N) is 2. The second-order valence-corrected chi connectivity index (χ2v) is 6.78. The number of aromatic nitrogens is 1. The van der Waals surface area contributed by atoms with E-state index in [0.29, 0.717) is 23.7 Å². The van der Waals surface area contributed by atoms with Crippen molar-refractivity contribution >= 4 is 41.2 Å². The van der Waals surface area contributed by atoms with Crippen molar-refractivity contribution in [2.75, 3.05) is 17.4 Å². The molecule has 2 aromatic carbocycles. The Labute approximate surface area is 179 Å². The van der Waals surface area contributed by atoms with Gasteiger partial charge in [-0.05, 0) is 47.4 Å². The molecule has 0 saturated heterocycles. The van der Waals surface area contributed by atoms with Crippen molar-refractivity contribution in [3.05, 3.63) is 64.7 Å². The van der Waals surface area contributed by atoms with Crippen LogP contribution in [0, 0.1) is 0 Å². The molecule has 1 aliphatic heterocycles. The summed E-state index contributed by atoms with van der Waals surface area (Å²) >= 11 is 1.07. The van der Waals surface area contributed by atoms with Crippen LogP contribution in [0.1, 0.15) is 21.6 Å². The molecule has 0 spiro atoms. The second-order valence-electron chi connectivity index (χ2n) is 6.15. The van der Waals surface area contributed by atoms with Gasteiger partial charge in [0.1, 0.15) is 0 Å². The lowest BCUT2D eigenvalue weighted by molar-refractivity contribution is -0.137. The molecule has 0 radical (unpaired) electrons. The molecule has 158 valence electrons. The minimum Gasteiger partial charge on any atom is -0.454 e. The van der Waals surface area contributed by atoms with Gasteiger partial charge in [-0.2, -0.15) is 17.5 Å². The Morgan fingerprint density at radius 1 is 1.13 bits per heavy atom. The number of rotatable bonds is 5. The van der Waals surface area contributed by atoms with Crippen molar-refractivity contribution in [2.45, 2.75) is 12.7 Å². The zero-order valence-corrected chi connectivity index (χ0v) is 16.8. The van der Waals surface area contributed by atoms with Crippen LogP contribution in [0.3, 0.4) is 0 Å². The van der Waals surface area contributed by atoms with Crippen LogP contribution in [0.15, 0.2) is 47.8 Å². The third-order valence-electron chi connectivity index (χ3n) is 4.15. The summed E-state index contributed by atoms with van der Waals surface area (Å²) in [6.45, 7) is 0.583. The Hall–Kier alpha value is -2.98. The molecule has 0 atom stereocenters. The van der Waals surface area contributed by atoms with Gasteiger partial charge in [-0.15, -0.1) is 12.4 Å². The monoisotopic (exact) mass is 457 g/mol. The minimum absolute atomic E-state index is 0. The molecule has 4 rings (SSSR count). The van der Waals surface area contributed by atoms with Crippen LogP contribution < -0.4 is 20.1 Å². The van der Waals surface area contributed by atoms with Crippen molar-refractivity contribution in [1.82, 2.24) is 4.37 Å². The number of halogens is 4. The van der Waals surface area contributed by atoms with E-state index in [1.165, 1.54) is 12.1 Å². The molecule has 0 bridgehead atoms. The molecule has 6 nitrogen and oxygen atoms in total. The number of benzene rings is 2. The van der Waals surface area contributed by atoms with E-state index in [9.17, 15) is 18.0 Å². The highest BCUT2D eigenvalue weighted by Crippen LogP contribution is 2.33. The van der Waals surface area contributed by atoms with E-state index in [1.807, 2.05) is 12.1 Å². The Kier molecular flexibility index (Phi) is 6.37. The standard InChI is InChI=1S/C19H14F3N3O3S.ClH/c20-19(21,22)12-2-1-3-13(7-12)24-18(26)17-14(9-29-25-17)23-8-11-4-5-15-16(6-11)28-10-27-15;/h1-7,9,23H,8,10H2,(H,24,26);1H. The first-order chi connectivity index (χ1) is 13.9. The molecule has 0 unspecified atom stereocenters. The van der Waals surface area contributed by atoms with E-state index in [-0.39, 0.29) is 30.6 Å². The Bertz CT molecular complexity index is 1060. The van der Waals surface area contributed by atoms with Crippen LogP contribution in [-0.4, -0.2) is 17.1 Å². The number of hydrogen-bond acceptors (Lipinski definition) is 6. The van der Waals surface area contributed by atoms with Crippen LogP contribution >= 0.6 is 23.9 Å². The average molecular weight is 458 g/mol. The lowest BCUT2D eigenvalue weighted by Crippen LogP contribution is -2.15. The third kappa shape index (κ3) is 4.77. The van der Waals surface area contributed by atoms with Crippen molar-refractivity contribution in [2.24, 2.45) is 0 Å². The Balaban J connectivity index is 0.00000256. The predicted octanol–water partition coefficient (Wildman–Crippen LogP) is 5.18. The van der Waals surface area contributed by atoms with Gasteiger partial charge < -0.3 is 20.1 Å². The normalized spacial score (nSPS) is 12.2. The summed E-state index contributed by atoms with van der Waals surface area (Å²) in [5.41, 5.74) is 0.698. The van der Waals surface area contributed by atoms with Crippen molar-refractivity contribution in [3.8, 4) is 11.5 Å². The Morgan fingerprint density at radius 2 is 1.93 bits per heavy atom. The van der Waals surface area contributed by atoms with Gasteiger partial charge in [-0.3, -0.25) is 4.79 Å². The van der Waals surface area contributed by atoms with Gasteiger partial charge in [-0.1, -0.05) is 12.1 Å². The average Bonchev–Trinajstić information content (AvgIpc) is 3.34. The number of carbonyl (C=O) groups is 1. The summed E-state index contributed by atoms with van der Waals surface area (Å²) in [7, 11) is 0. The largest absolute Gasteiger partial charge is 0.454 e. The van der Waals surface area contributed by atoms with Crippen LogP contribution in [0.5, 0.6) is 11.5 Å². The first-order valence-corrected chi connectivity index (χ1v) is 9.29. The van der Waals surface area contributed by atoms with Crippen molar-refractivity contribution in [3.63, 3.8) is 0 Å². The van der Waals surface area contributed by atoms with Crippen LogP contribution in [0.4, 0.5) is 24.5 Å². The number of amides is 1. The first kappa shape index (κ1) is 21.7. The SMILES string of the molecule is Cl.O=C(Nc1cccc(C(F)(F)F)c1)c1nscc1NCc1ccc2c(c1)OCO2. The maximum atomic E-state index is 12.8. The topological polar surface area (TPSA) is 72.5 Å².